The van der Waals surface area contributed by atoms with Gasteiger partial charge >= 0.3 is 6.03 Å². The third-order valence-electron chi connectivity index (χ3n) is 3.85. The van der Waals surface area contributed by atoms with Crippen molar-refractivity contribution in [2.75, 3.05) is 46.8 Å². The van der Waals surface area contributed by atoms with Crippen LogP contribution < -0.4 is 5.32 Å². The van der Waals surface area contributed by atoms with E-state index in [0.29, 0.717) is 26.2 Å². The first-order valence-electron chi connectivity index (χ1n) is 7.08. The molecule has 0 spiro atoms. The fraction of sp³-hybridized carbons (Fsp3) is 0.846. The van der Waals surface area contributed by atoms with E-state index in [4.69, 9.17) is 0 Å². The Hall–Kier alpha value is -1.30. The molecule has 19 heavy (non-hydrogen) atoms. The van der Waals surface area contributed by atoms with E-state index in [1.165, 1.54) is 0 Å². The minimum Gasteiger partial charge on any atom is -0.338 e. The molecule has 2 fully saturated rings. The van der Waals surface area contributed by atoms with Gasteiger partial charge in [0.2, 0.25) is 5.91 Å². The topological polar surface area (TPSA) is 55.9 Å². The normalized spacial score (nSPS) is 24.2. The van der Waals surface area contributed by atoms with Crippen LogP contribution in [0.1, 0.15) is 19.3 Å². The number of carbonyl (C=O) groups is 2. The molecule has 2 saturated heterocycles. The van der Waals surface area contributed by atoms with Crippen LogP contribution >= 0.6 is 0 Å². The number of amides is 3. The zero-order valence-electron chi connectivity index (χ0n) is 11.9. The molecule has 0 saturated carbocycles. The third-order valence-corrected chi connectivity index (χ3v) is 3.85. The van der Waals surface area contributed by atoms with Gasteiger partial charge in [0.1, 0.15) is 0 Å². The van der Waals surface area contributed by atoms with Gasteiger partial charge in [-0.3, -0.25) is 4.79 Å². The lowest BCUT2D eigenvalue weighted by Crippen LogP contribution is -2.57. The monoisotopic (exact) mass is 268 g/mol. The lowest BCUT2D eigenvalue weighted by molar-refractivity contribution is -0.135. The summed E-state index contributed by atoms with van der Waals surface area (Å²) in [6.45, 7) is 3.51. The number of urea groups is 1. The predicted molar refractivity (Wildman–Crippen MR) is 72.9 cm³/mol. The van der Waals surface area contributed by atoms with Gasteiger partial charge in [-0.1, -0.05) is 6.42 Å². The van der Waals surface area contributed by atoms with Crippen LogP contribution in [0.5, 0.6) is 0 Å². The van der Waals surface area contributed by atoms with Gasteiger partial charge in [-0.2, -0.15) is 0 Å². The third kappa shape index (κ3) is 3.37. The van der Waals surface area contributed by atoms with Crippen LogP contribution in [-0.4, -0.2) is 79.5 Å². The lowest BCUT2D eigenvalue weighted by atomic mass is 10.0. The largest absolute Gasteiger partial charge is 0.338 e. The van der Waals surface area contributed by atoms with Crippen LogP contribution in [0.25, 0.3) is 0 Å². The minimum atomic E-state index is -0.00940. The van der Waals surface area contributed by atoms with E-state index in [1.54, 1.807) is 23.9 Å². The van der Waals surface area contributed by atoms with Gasteiger partial charge in [0.25, 0.3) is 0 Å². The van der Waals surface area contributed by atoms with E-state index in [1.807, 2.05) is 4.90 Å². The fourth-order valence-corrected chi connectivity index (χ4v) is 2.68. The van der Waals surface area contributed by atoms with Gasteiger partial charge in [0.05, 0.1) is 6.04 Å². The second-order valence-corrected chi connectivity index (χ2v) is 5.49. The Morgan fingerprint density at radius 1 is 1.05 bits per heavy atom. The molecule has 0 bridgehead atoms. The molecule has 108 valence electrons. The zero-order chi connectivity index (χ0) is 13.8. The SMILES string of the molecule is CN(C)C(=O)N1CCN(C(=O)[C@@H]2CCCCN2)CC1. The van der Waals surface area contributed by atoms with Crippen molar-refractivity contribution in [1.82, 2.24) is 20.0 Å². The number of piperazine rings is 1. The summed E-state index contributed by atoms with van der Waals surface area (Å²) in [7, 11) is 3.51. The van der Waals surface area contributed by atoms with Crippen molar-refractivity contribution in [3.63, 3.8) is 0 Å². The van der Waals surface area contributed by atoms with E-state index in [0.717, 1.165) is 25.8 Å². The molecule has 2 aliphatic rings. The van der Waals surface area contributed by atoms with Gasteiger partial charge in [-0.15, -0.1) is 0 Å². The Balaban J connectivity index is 1.82. The van der Waals surface area contributed by atoms with Gasteiger partial charge in [0.15, 0.2) is 0 Å². The zero-order valence-corrected chi connectivity index (χ0v) is 11.9. The van der Waals surface area contributed by atoms with E-state index in [2.05, 4.69) is 5.32 Å². The number of piperidine rings is 1. The molecule has 0 aromatic carbocycles. The summed E-state index contributed by atoms with van der Waals surface area (Å²) < 4.78 is 0. The molecule has 1 N–H and O–H groups in total. The summed E-state index contributed by atoms with van der Waals surface area (Å²) in [6, 6.07) is 0.0211. The fourth-order valence-electron chi connectivity index (χ4n) is 2.68. The number of hydrogen-bond donors (Lipinski definition) is 1. The Kier molecular flexibility index (Phi) is 4.63. The van der Waals surface area contributed by atoms with E-state index >= 15 is 0 Å². The van der Waals surface area contributed by atoms with Gasteiger partial charge in [-0.05, 0) is 19.4 Å². The molecule has 0 aliphatic carbocycles. The van der Waals surface area contributed by atoms with Crippen LogP contribution in [-0.2, 0) is 4.79 Å². The summed E-state index contributed by atoms with van der Waals surface area (Å²) >= 11 is 0. The highest BCUT2D eigenvalue weighted by Gasteiger charge is 2.29. The summed E-state index contributed by atoms with van der Waals surface area (Å²) in [4.78, 5) is 29.4. The van der Waals surface area contributed by atoms with Crippen LogP contribution in [0.3, 0.4) is 0 Å². The smallest absolute Gasteiger partial charge is 0.319 e. The van der Waals surface area contributed by atoms with Gasteiger partial charge < -0.3 is 20.0 Å². The Bertz CT molecular complexity index is 332. The molecular formula is C13H24N4O2. The van der Waals surface area contributed by atoms with Crippen molar-refractivity contribution in [3.05, 3.63) is 0 Å². The number of carbonyl (C=O) groups excluding carboxylic acids is 2. The quantitative estimate of drug-likeness (QED) is 0.726. The lowest BCUT2D eigenvalue weighted by Gasteiger charge is -2.38. The van der Waals surface area contributed by atoms with Crippen LogP contribution in [0.15, 0.2) is 0 Å². The Labute approximate surface area is 114 Å². The molecule has 0 unspecified atom stereocenters. The summed E-state index contributed by atoms with van der Waals surface area (Å²) in [6.07, 6.45) is 3.23. The predicted octanol–water partition coefficient (Wildman–Crippen LogP) is -0.0457. The molecule has 2 heterocycles. The molecule has 0 radical (unpaired) electrons. The summed E-state index contributed by atoms with van der Waals surface area (Å²) in [5.74, 6) is 0.205. The molecular weight excluding hydrogens is 244 g/mol. The first-order valence-corrected chi connectivity index (χ1v) is 7.08. The van der Waals surface area contributed by atoms with Crippen molar-refractivity contribution >= 4 is 11.9 Å². The average Bonchev–Trinajstić information content (AvgIpc) is 2.46. The number of nitrogens with zero attached hydrogens (tertiary/aromatic N) is 3. The molecule has 1 atom stereocenters. The van der Waals surface area contributed by atoms with Crippen molar-refractivity contribution in [2.24, 2.45) is 0 Å². The molecule has 2 rings (SSSR count). The van der Waals surface area contributed by atoms with Crippen molar-refractivity contribution in [3.8, 4) is 0 Å². The van der Waals surface area contributed by atoms with E-state index in [-0.39, 0.29) is 18.0 Å². The molecule has 2 aliphatic heterocycles. The highest BCUT2D eigenvalue weighted by molar-refractivity contribution is 5.82. The standard InChI is InChI=1S/C13H24N4O2/c1-15(2)13(19)17-9-7-16(8-10-17)12(18)11-5-3-4-6-14-11/h11,14H,3-10H2,1-2H3/t11-/m0/s1. The summed E-state index contributed by atoms with van der Waals surface area (Å²) in [5.41, 5.74) is 0. The van der Waals surface area contributed by atoms with Gasteiger partial charge in [-0.25, -0.2) is 4.79 Å². The van der Waals surface area contributed by atoms with Crippen LogP contribution in [0, 0.1) is 0 Å². The molecule has 0 aromatic rings. The molecule has 0 aromatic heterocycles. The number of nitrogens with one attached hydrogen (secondary N) is 1. The van der Waals surface area contributed by atoms with E-state index < -0.39 is 0 Å². The maximum absolute atomic E-state index is 12.3. The maximum atomic E-state index is 12.3. The molecule has 6 heteroatoms. The highest BCUT2D eigenvalue weighted by Crippen LogP contribution is 2.12. The molecule has 6 nitrogen and oxygen atoms in total. The van der Waals surface area contributed by atoms with Crippen LogP contribution in [0.4, 0.5) is 4.79 Å². The van der Waals surface area contributed by atoms with Crippen molar-refractivity contribution in [2.45, 2.75) is 25.3 Å². The van der Waals surface area contributed by atoms with Crippen molar-refractivity contribution in [1.29, 1.82) is 0 Å². The first-order chi connectivity index (χ1) is 9.09. The van der Waals surface area contributed by atoms with E-state index in [9.17, 15) is 9.59 Å². The second-order valence-electron chi connectivity index (χ2n) is 5.49. The number of hydrogen-bond acceptors (Lipinski definition) is 3. The summed E-state index contributed by atoms with van der Waals surface area (Å²) in [5, 5.41) is 3.29. The Morgan fingerprint density at radius 3 is 2.21 bits per heavy atom. The highest BCUT2D eigenvalue weighted by atomic mass is 16.2. The second kappa shape index (κ2) is 6.23. The van der Waals surface area contributed by atoms with Crippen LogP contribution in [0.2, 0.25) is 0 Å². The maximum Gasteiger partial charge on any atom is 0.319 e. The molecule has 3 amide bonds. The minimum absolute atomic E-state index is 0.00940. The number of rotatable bonds is 1. The average molecular weight is 268 g/mol. The first kappa shape index (κ1) is 14.1. The van der Waals surface area contributed by atoms with Crippen molar-refractivity contribution < 1.29 is 9.59 Å². The van der Waals surface area contributed by atoms with Gasteiger partial charge in [0, 0.05) is 40.3 Å². The Morgan fingerprint density at radius 2 is 1.68 bits per heavy atom.